The van der Waals surface area contributed by atoms with Gasteiger partial charge in [0.2, 0.25) is 10.0 Å². The van der Waals surface area contributed by atoms with E-state index >= 15 is 0 Å². The number of ether oxygens (including phenoxy) is 1. The Labute approximate surface area is 95.7 Å². The Balaban J connectivity index is 2.67. The van der Waals surface area contributed by atoms with E-state index in [-0.39, 0.29) is 4.90 Å². The number of rotatable bonds is 6. The fraction of sp³-hybridized carbons (Fsp3) is 0.667. The third-order valence-corrected chi connectivity index (χ3v) is 3.64. The minimum absolute atomic E-state index is 0.229. The summed E-state index contributed by atoms with van der Waals surface area (Å²) < 4.78 is 32.5. The Morgan fingerprint density at radius 1 is 1.56 bits per heavy atom. The summed E-state index contributed by atoms with van der Waals surface area (Å²) in [5.41, 5.74) is 0.502. The summed E-state index contributed by atoms with van der Waals surface area (Å²) in [6.45, 7) is 2.57. The van der Waals surface area contributed by atoms with Crippen LogP contribution in [0.25, 0.3) is 0 Å². The molecule has 0 aliphatic rings. The first-order valence-electron chi connectivity index (χ1n) is 4.96. The first kappa shape index (κ1) is 13.1. The lowest BCUT2D eigenvalue weighted by molar-refractivity contribution is 0.196. The standard InChI is InChI=1S/C9H17N3O3S/c1-8-9(7-12(2)11-8)16(13,14)10-5-4-6-15-3/h7,10H,4-6H2,1-3H3. The van der Waals surface area contributed by atoms with Crippen molar-refractivity contribution in [3.63, 3.8) is 0 Å². The predicted octanol–water partition coefficient (Wildman–Crippen LogP) is 0.0433. The van der Waals surface area contributed by atoms with Gasteiger partial charge in [-0.2, -0.15) is 5.10 Å². The molecular weight excluding hydrogens is 230 g/mol. The molecule has 16 heavy (non-hydrogen) atoms. The zero-order chi connectivity index (χ0) is 12.2. The van der Waals surface area contributed by atoms with Gasteiger partial charge >= 0.3 is 0 Å². The molecule has 0 atom stereocenters. The largest absolute Gasteiger partial charge is 0.385 e. The monoisotopic (exact) mass is 247 g/mol. The summed E-state index contributed by atoms with van der Waals surface area (Å²) in [7, 11) is -0.165. The van der Waals surface area contributed by atoms with Crippen LogP contribution in [0.3, 0.4) is 0 Å². The number of hydrogen-bond acceptors (Lipinski definition) is 4. The van der Waals surface area contributed by atoms with E-state index in [1.165, 1.54) is 10.9 Å². The van der Waals surface area contributed by atoms with E-state index in [2.05, 4.69) is 9.82 Å². The number of sulfonamides is 1. The van der Waals surface area contributed by atoms with Crippen LogP contribution in [0.4, 0.5) is 0 Å². The molecule has 92 valence electrons. The van der Waals surface area contributed by atoms with Crippen molar-refractivity contribution in [1.82, 2.24) is 14.5 Å². The Kier molecular flexibility index (Phi) is 4.45. The molecule has 0 radical (unpaired) electrons. The third-order valence-electron chi connectivity index (χ3n) is 2.08. The zero-order valence-electron chi connectivity index (χ0n) is 9.73. The second kappa shape index (κ2) is 5.42. The molecule has 0 fully saturated rings. The number of methoxy groups -OCH3 is 1. The lowest BCUT2D eigenvalue weighted by Crippen LogP contribution is -2.25. The van der Waals surface area contributed by atoms with Gasteiger partial charge in [-0.1, -0.05) is 0 Å². The Morgan fingerprint density at radius 3 is 2.75 bits per heavy atom. The van der Waals surface area contributed by atoms with Crippen LogP contribution in [0, 0.1) is 6.92 Å². The van der Waals surface area contributed by atoms with E-state index in [1.807, 2.05) is 0 Å². The average Bonchev–Trinajstić information content (AvgIpc) is 2.53. The van der Waals surface area contributed by atoms with Crippen molar-refractivity contribution in [1.29, 1.82) is 0 Å². The van der Waals surface area contributed by atoms with Crippen molar-refractivity contribution in [3.05, 3.63) is 11.9 Å². The molecule has 6 nitrogen and oxygen atoms in total. The van der Waals surface area contributed by atoms with Crippen LogP contribution in [-0.4, -0.2) is 38.5 Å². The normalized spacial score (nSPS) is 11.9. The van der Waals surface area contributed by atoms with Crippen molar-refractivity contribution in [3.8, 4) is 0 Å². The third kappa shape index (κ3) is 3.29. The smallest absolute Gasteiger partial charge is 0.243 e. The highest BCUT2D eigenvalue weighted by Crippen LogP contribution is 2.11. The zero-order valence-corrected chi connectivity index (χ0v) is 10.5. The molecule has 0 aliphatic heterocycles. The topological polar surface area (TPSA) is 73.2 Å². The number of nitrogens with zero attached hydrogens (tertiary/aromatic N) is 2. The lowest BCUT2D eigenvalue weighted by atomic mass is 10.5. The van der Waals surface area contributed by atoms with Gasteiger partial charge in [-0.25, -0.2) is 13.1 Å². The Bertz CT molecular complexity index is 439. The quantitative estimate of drug-likeness (QED) is 0.721. The van der Waals surface area contributed by atoms with E-state index in [0.29, 0.717) is 25.3 Å². The minimum Gasteiger partial charge on any atom is -0.385 e. The summed E-state index contributed by atoms with van der Waals surface area (Å²) in [6.07, 6.45) is 2.14. The van der Waals surface area contributed by atoms with Crippen LogP contribution in [0.5, 0.6) is 0 Å². The molecule has 1 aromatic heterocycles. The van der Waals surface area contributed by atoms with Gasteiger partial charge < -0.3 is 4.74 Å². The van der Waals surface area contributed by atoms with Crippen LogP contribution in [0.2, 0.25) is 0 Å². The summed E-state index contributed by atoms with van der Waals surface area (Å²) in [6, 6.07) is 0. The van der Waals surface area contributed by atoms with Crippen LogP contribution in [-0.2, 0) is 21.8 Å². The van der Waals surface area contributed by atoms with E-state index in [0.717, 1.165) is 0 Å². The van der Waals surface area contributed by atoms with Gasteiger partial charge in [0, 0.05) is 33.5 Å². The fourth-order valence-corrected chi connectivity index (χ4v) is 2.63. The maximum absolute atomic E-state index is 11.8. The van der Waals surface area contributed by atoms with Crippen molar-refractivity contribution in [2.75, 3.05) is 20.3 Å². The van der Waals surface area contributed by atoms with Crippen molar-refractivity contribution in [2.24, 2.45) is 7.05 Å². The molecule has 0 aromatic carbocycles. The van der Waals surface area contributed by atoms with Crippen LogP contribution < -0.4 is 4.72 Å². The molecule has 0 aliphatic carbocycles. The number of hydrogen-bond donors (Lipinski definition) is 1. The Morgan fingerprint density at radius 2 is 2.25 bits per heavy atom. The van der Waals surface area contributed by atoms with Gasteiger partial charge in [0.25, 0.3) is 0 Å². The maximum atomic E-state index is 11.8. The molecule has 0 saturated carbocycles. The molecule has 1 heterocycles. The van der Waals surface area contributed by atoms with Crippen molar-refractivity contribution in [2.45, 2.75) is 18.2 Å². The highest BCUT2D eigenvalue weighted by Gasteiger charge is 2.18. The summed E-state index contributed by atoms with van der Waals surface area (Å²) in [5, 5.41) is 3.99. The van der Waals surface area contributed by atoms with Gasteiger partial charge in [0.1, 0.15) is 4.90 Å². The SMILES string of the molecule is COCCCNS(=O)(=O)c1cn(C)nc1C. The van der Waals surface area contributed by atoms with Gasteiger partial charge in [0.05, 0.1) is 5.69 Å². The molecule has 0 saturated heterocycles. The summed E-state index contributed by atoms with van der Waals surface area (Å²) >= 11 is 0. The molecule has 1 rings (SSSR count). The van der Waals surface area contributed by atoms with Crippen LogP contribution in [0.1, 0.15) is 12.1 Å². The molecule has 1 aromatic rings. The average molecular weight is 247 g/mol. The predicted molar refractivity (Wildman–Crippen MR) is 59.6 cm³/mol. The number of aryl methyl sites for hydroxylation is 2. The second-order valence-electron chi connectivity index (χ2n) is 3.50. The van der Waals surface area contributed by atoms with Crippen LogP contribution in [0.15, 0.2) is 11.1 Å². The molecular formula is C9H17N3O3S. The Hall–Kier alpha value is -0.920. The van der Waals surface area contributed by atoms with E-state index < -0.39 is 10.0 Å². The maximum Gasteiger partial charge on any atom is 0.243 e. The van der Waals surface area contributed by atoms with Gasteiger partial charge in [-0.3, -0.25) is 4.68 Å². The van der Waals surface area contributed by atoms with E-state index in [4.69, 9.17) is 4.74 Å². The highest BCUT2D eigenvalue weighted by atomic mass is 32.2. The first-order valence-corrected chi connectivity index (χ1v) is 6.44. The molecule has 0 amide bonds. The number of nitrogens with one attached hydrogen (secondary N) is 1. The molecule has 0 spiro atoms. The van der Waals surface area contributed by atoms with Gasteiger partial charge in [-0.15, -0.1) is 0 Å². The van der Waals surface area contributed by atoms with Gasteiger partial charge in [0.15, 0.2) is 0 Å². The molecule has 7 heteroatoms. The molecule has 1 N–H and O–H groups in total. The van der Waals surface area contributed by atoms with Crippen molar-refractivity contribution >= 4 is 10.0 Å². The summed E-state index contributed by atoms with van der Waals surface area (Å²) in [4.78, 5) is 0.229. The first-order chi connectivity index (χ1) is 7.47. The highest BCUT2D eigenvalue weighted by molar-refractivity contribution is 7.89. The number of aromatic nitrogens is 2. The van der Waals surface area contributed by atoms with E-state index in [1.54, 1.807) is 21.1 Å². The van der Waals surface area contributed by atoms with Gasteiger partial charge in [-0.05, 0) is 13.3 Å². The lowest BCUT2D eigenvalue weighted by Gasteiger charge is -2.04. The van der Waals surface area contributed by atoms with Crippen LogP contribution >= 0.6 is 0 Å². The summed E-state index contributed by atoms with van der Waals surface area (Å²) in [5.74, 6) is 0. The molecule has 0 bridgehead atoms. The van der Waals surface area contributed by atoms with Crippen molar-refractivity contribution < 1.29 is 13.2 Å². The molecule has 0 unspecified atom stereocenters. The fourth-order valence-electron chi connectivity index (χ4n) is 1.34. The van der Waals surface area contributed by atoms with E-state index in [9.17, 15) is 8.42 Å². The minimum atomic E-state index is -3.44. The second-order valence-corrected chi connectivity index (χ2v) is 5.23.